The number of hydrogen-bond donors (Lipinski definition) is 6. The van der Waals surface area contributed by atoms with Crippen molar-refractivity contribution in [3.8, 4) is 16.9 Å². The fraction of sp³-hybridized carbons (Fsp3) is 0.267. The Morgan fingerprint density at radius 2 is 1.25 bits per heavy atom. The Bertz CT molecular complexity index is 2360. The molecule has 0 radical (unpaired) electrons. The van der Waals surface area contributed by atoms with Crippen molar-refractivity contribution in [3.63, 3.8) is 0 Å². The van der Waals surface area contributed by atoms with Gasteiger partial charge < -0.3 is 31.3 Å². The Labute approximate surface area is 358 Å². The van der Waals surface area contributed by atoms with Crippen LogP contribution in [0.25, 0.3) is 11.1 Å². The molecule has 3 heterocycles. The van der Waals surface area contributed by atoms with E-state index in [0.29, 0.717) is 22.4 Å². The molecule has 1 aromatic heterocycles. The highest BCUT2D eigenvalue weighted by atomic mass is 32.2. The number of hydrogen-bond acceptors (Lipinski definition) is 9. The highest BCUT2D eigenvalue weighted by Crippen LogP contribution is 2.21. The van der Waals surface area contributed by atoms with E-state index in [1.165, 1.54) is 11.3 Å². The van der Waals surface area contributed by atoms with E-state index < -0.39 is 76.2 Å². The van der Waals surface area contributed by atoms with Gasteiger partial charge >= 0.3 is 0 Å². The number of fused-ring (bicyclic) bond motifs is 16. The number of benzene rings is 4. The summed E-state index contributed by atoms with van der Waals surface area (Å²) in [4.78, 5) is 70.8. The normalized spacial score (nSPS) is 19.2. The van der Waals surface area contributed by atoms with Crippen molar-refractivity contribution in [2.24, 2.45) is 0 Å². The van der Waals surface area contributed by atoms with Crippen LogP contribution in [0.5, 0.6) is 5.75 Å². The maximum absolute atomic E-state index is 14.5. The van der Waals surface area contributed by atoms with Gasteiger partial charge in [-0.3, -0.25) is 28.5 Å². The molecular formula is C45H47N5O9S2. The molecule has 318 valence electrons. The predicted octanol–water partition coefficient (Wildman–Crippen LogP) is 3.41. The maximum atomic E-state index is 14.5. The average Bonchev–Trinajstić information content (AvgIpc) is 3.77. The van der Waals surface area contributed by atoms with E-state index in [9.17, 15) is 32.4 Å². The minimum absolute atomic E-state index is 0.00923. The quantitative estimate of drug-likeness (QED) is 0.0616. The molecule has 0 aliphatic carbocycles. The summed E-state index contributed by atoms with van der Waals surface area (Å²) in [6.07, 6.45) is 0.106. The lowest BCUT2D eigenvalue weighted by Gasteiger charge is -2.27. The smallest absolute Gasteiger partial charge is 0.264 e. The molecule has 4 aromatic carbocycles. The molecule has 2 bridgehead atoms. The van der Waals surface area contributed by atoms with Crippen LogP contribution >= 0.6 is 11.3 Å². The van der Waals surface area contributed by atoms with Gasteiger partial charge in [0.25, 0.3) is 16.0 Å². The Hall–Kier alpha value is -6.36. The second-order valence-electron chi connectivity index (χ2n) is 14.6. The van der Waals surface area contributed by atoms with Gasteiger partial charge in [0.05, 0.1) is 5.75 Å². The van der Waals surface area contributed by atoms with Crippen LogP contribution in [0.2, 0.25) is 0 Å². The molecule has 6 N–H and O–H groups in total. The molecule has 5 amide bonds. The third-order valence-corrected chi connectivity index (χ3v) is 11.6. The predicted molar refractivity (Wildman–Crippen MR) is 231 cm³/mol. The molecule has 0 unspecified atom stereocenters. The first kappa shape index (κ1) is 44.2. The monoisotopic (exact) mass is 865 g/mol. The highest BCUT2D eigenvalue weighted by Gasteiger charge is 2.32. The molecule has 16 heteroatoms. The number of carbonyl (C=O) groups excluding carboxylic acids is 5. The van der Waals surface area contributed by atoms with Gasteiger partial charge in [0.2, 0.25) is 23.6 Å². The van der Waals surface area contributed by atoms with E-state index in [1.54, 1.807) is 48.5 Å². The number of thiophene rings is 1. The van der Waals surface area contributed by atoms with Crippen LogP contribution in [-0.2, 0) is 59.8 Å². The van der Waals surface area contributed by atoms with Crippen LogP contribution in [-0.4, -0.2) is 85.6 Å². The van der Waals surface area contributed by atoms with Gasteiger partial charge in [-0.1, -0.05) is 103 Å². The zero-order valence-corrected chi connectivity index (χ0v) is 34.8. The Balaban J connectivity index is 1.33. The van der Waals surface area contributed by atoms with Crippen molar-refractivity contribution < 1.29 is 41.7 Å². The first-order chi connectivity index (χ1) is 29.4. The van der Waals surface area contributed by atoms with E-state index in [2.05, 4.69) is 26.6 Å². The summed E-state index contributed by atoms with van der Waals surface area (Å²) in [7, 11) is -4.26. The first-order valence-corrected chi connectivity index (χ1v) is 22.2. The van der Waals surface area contributed by atoms with Crippen LogP contribution in [0.3, 0.4) is 0 Å². The van der Waals surface area contributed by atoms with Crippen LogP contribution in [0.4, 0.5) is 0 Å². The summed E-state index contributed by atoms with van der Waals surface area (Å²) in [6, 6.07) is 31.8. The van der Waals surface area contributed by atoms with E-state index in [-0.39, 0.29) is 38.6 Å². The number of amides is 5. The molecule has 0 fully saturated rings. The Morgan fingerprint density at radius 1 is 0.672 bits per heavy atom. The van der Waals surface area contributed by atoms with Crippen LogP contribution in [0.1, 0.15) is 28.0 Å². The Morgan fingerprint density at radius 3 is 1.85 bits per heavy atom. The molecule has 14 nitrogen and oxygen atoms in total. The van der Waals surface area contributed by atoms with Gasteiger partial charge in [0.1, 0.15) is 29.9 Å². The molecule has 61 heavy (non-hydrogen) atoms. The zero-order valence-electron chi connectivity index (χ0n) is 33.1. The van der Waals surface area contributed by atoms with Crippen LogP contribution in [0.15, 0.2) is 127 Å². The van der Waals surface area contributed by atoms with Crippen LogP contribution in [0, 0.1) is 0 Å². The van der Waals surface area contributed by atoms with Gasteiger partial charge in [-0.25, -0.2) is 0 Å². The highest BCUT2D eigenvalue weighted by molar-refractivity contribution is 7.85. The number of ether oxygens (including phenoxy) is 1. The third kappa shape index (κ3) is 13.8. The van der Waals surface area contributed by atoms with Gasteiger partial charge in [-0.15, -0.1) is 11.3 Å². The molecule has 7 rings (SSSR count). The first-order valence-electron chi connectivity index (χ1n) is 19.7. The molecule has 0 spiro atoms. The largest absolute Gasteiger partial charge is 0.484 e. The standard InChI is InChI=1S/C45H47N5O9S2/c51-41-29-59-35-20-16-32(17-21-35)26-37(42(52)46-22-8-24-61(56,57)58)48-43(53)38(25-30-9-3-1-4-10-30)49-44(54)39(50-45(55)40(47-41)28-36-13-7-23-60-36)27-31-14-18-34(19-15-31)33-11-5-2-6-12-33/h1-7,9-21,23,37-40H,8,22,24-29H2,(H,46,52)(H,47,51)(H,48,53)(H,49,54)(H,50,55)(H,56,57,58)/t37-,38-,39-,40-/m0/s1. The second kappa shape index (κ2) is 21.2. The summed E-state index contributed by atoms with van der Waals surface area (Å²) in [5.41, 5.74) is 3.98. The summed E-state index contributed by atoms with van der Waals surface area (Å²) in [5, 5.41) is 15.8. The van der Waals surface area contributed by atoms with Crippen LogP contribution < -0.4 is 31.3 Å². The van der Waals surface area contributed by atoms with E-state index in [0.717, 1.165) is 16.0 Å². The van der Waals surface area contributed by atoms with E-state index >= 15 is 0 Å². The van der Waals surface area contributed by atoms with Gasteiger partial charge in [-0.2, -0.15) is 8.42 Å². The molecular weight excluding hydrogens is 819 g/mol. The van der Waals surface area contributed by atoms with Crippen molar-refractivity contribution in [1.82, 2.24) is 26.6 Å². The third-order valence-electron chi connectivity index (χ3n) is 9.93. The lowest BCUT2D eigenvalue weighted by Crippen LogP contribution is -2.59. The fourth-order valence-electron chi connectivity index (χ4n) is 6.77. The summed E-state index contributed by atoms with van der Waals surface area (Å²) in [5.74, 6) is -3.42. The minimum Gasteiger partial charge on any atom is -0.484 e. The summed E-state index contributed by atoms with van der Waals surface area (Å²) in [6.45, 7) is -0.526. The molecule has 0 saturated carbocycles. The summed E-state index contributed by atoms with van der Waals surface area (Å²) >= 11 is 1.41. The second-order valence-corrected chi connectivity index (χ2v) is 17.2. The maximum Gasteiger partial charge on any atom is 0.264 e. The Kier molecular flexibility index (Phi) is 15.4. The van der Waals surface area contributed by atoms with E-state index in [1.807, 2.05) is 78.2 Å². The molecule has 2 aliphatic rings. The SMILES string of the molecule is O=C1COc2ccc(cc2)C[C@@H](C(=O)NCCCS(=O)(=O)O)NC(=O)[C@H](Cc2ccccc2)NC(=O)[C@H](Cc2ccc(-c3ccccc3)cc2)NC(=O)[C@H](Cc2cccs2)N1. The van der Waals surface area contributed by atoms with Gasteiger partial charge in [0.15, 0.2) is 6.61 Å². The molecule has 5 aromatic rings. The van der Waals surface area contributed by atoms with Gasteiger partial charge in [-0.05, 0) is 57.8 Å². The number of carbonyl (C=O) groups is 5. The lowest BCUT2D eigenvalue weighted by atomic mass is 9.99. The number of nitrogens with one attached hydrogen (secondary N) is 5. The van der Waals surface area contributed by atoms with Crippen molar-refractivity contribution in [1.29, 1.82) is 0 Å². The van der Waals surface area contributed by atoms with Crippen molar-refractivity contribution >= 4 is 51.0 Å². The van der Waals surface area contributed by atoms with Crippen molar-refractivity contribution in [2.75, 3.05) is 18.9 Å². The number of rotatable bonds is 12. The lowest BCUT2D eigenvalue weighted by molar-refractivity contribution is -0.134. The summed E-state index contributed by atoms with van der Waals surface area (Å²) < 4.78 is 37.5. The molecule has 2 aliphatic heterocycles. The minimum atomic E-state index is -4.26. The van der Waals surface area contributed by atoms with Crippen molar-refractivity contribution in [3.05, 3.63) is 148 Å². The molecule has 4 atom stereocenters. The average molecular weight is 866 g/mol. The zero-order chi connectivity index (χ0) is 43.2. The van der Waals surface area contributed by atoms with E-state index in [4.69, 9.17) is 9.29 Å². The topological polar surface area (TPSA) is 209 Å². The van der Waals surface area contributed by atoms with Gasteiger partial charge in [0, 0.05) is 37.1 Å². The fourth-order valence-corrected chi connectivity index (χ4v) is 8.03. The van der Waals surface area contributed by atoms with Crippen molar-refractivity contribution in [2.45, 2.75) is 56.3 Å². The molecule has 0 saturated heterocycles.